The molecule has 10 heteroatoms. The molecule has 41 heavy (non-hydrogen) atoms. The summed E-state index contributed by atoms with van der Waals surface area (Å²) < 4.78 is 5.45. The molecule has 0 radical (unpaired) electrons. The molecule has 0 saturated heterocycles. The minimum Gasteiger partial charge on any atom is -0.508 e. The summed E-state index contributed by atoms with van der Waals surface area (Å²) in [6.07, 6.45) is 5.15. The highest BCUT2D eigenvalue weighted by Gasteiger charge is 2.36. The summed E-state index contributed by atoms with van der Waals surface area (Å²) >= 11 is 7.99. The first-order valence-corrected chi connectivity index (χ1v) is 15.8. The Morgan fingerprint density at radius 1 is 1.07 bits per heavy atom. The van der Waals surface area contributed by atoms with Gasteiger partial charge in [0.1, 0.15) is 23.4 Å². The van der Waals surface area contributed by atoms with Crippen molar-refractivity contribution in [2.24, 2.45) is 0 Å². The molecule has 0 heterocycles. The summed E-state index contributed by atoms with van der Waals surface area (Å²) in [6, 6.07) is 9.61. The lowest BCUT2D eigenvalue weighted by Gasteiger charge is -2.35. The summed E-state index contributed by atoms with van der Waals surface area (Å²) in [6.45, 7) is 9.51. The molecule has 8 nitrogen and oxygen atoms in total. The quantitative estimate of drug-likeness (QED) is 0.198. The van der Waals surface area contributed by atoms with Gasteiger partial charge in [-0.25, -0.2) is 4.79 Å². The molecule has 2 atom stereocenters. The van der Waals surface area contributed by atoms with Crippen LogP contribution in [0.25, 0.3) is 0 Å². The lowest BCUT2D eigenvalue weighted by molar-refractivity contribution is -0.141. The Balaban J connectivity index is 2.55. The summed E-state index contributed by atoms with van der Waals surface area (Å²) in [5, 5.41) is 16.0. The van der Waals surface area contributed by atoms with E-state index in [1.54, 1.807) is 56.8 Å². The largest absolute Gasteiger partial charge is 0.508 e. The molecule has 0 saturated carbocycles. The van der Waals surface area contributed by atoms with Crippen LogP contribution in [0.15, 0.2) is 42.5 Å². The van der Waals surface area contributed by atoms with Gasteiger partial charge in [0.25, 0.3) is 5.91 Å². The molecule has 0 spiro atoms. The van der Waals surface area contributed by atoms with E-state index in [2.05, 4.69) is 17.6 Å². The van der Waals surface area contributed by atoms with Crippen molar-refractivity contribution in [3.05, 3.63) is 58.6 Å². The van der Waals surface area contributed by atoms with Crippen LogP contribution in [0.5, 0.6) is 5.75 Å². The van der Waals surface area contributed by atoms with E-state index in [4.69, 9.17) is 16.3 Å². The highest BCUT2D eigenvalue weighted by molar-refractivity contribution is 7.98. The van der Waals surface area contributed by atoms with Crippen molar-refractivity contribution in [2.45, 2.75) is 84.4 Å². The summed E-state index contributed by atoms with van der Waals surface area (Å²) in [7, 11) is 0. The number of unbranched alkanes of at least 4 members (excludes halogenated alkanes) is 3. The van der Waals surface area contributed by atoms with Crippen LogP contribution in [0.2, 0.25) is 5.02 Å². The van der Waals surface area contributed by atoms with Crippen LogP contribution < -0.4 is 10.6 Å². The first-order chi connectivity index (χ1) is 19.4. The standard InChI is InChI=1S/C31H44ClN3O5S/c1-7-8-9-10-19-35(29(38)25(18-20-41-6)33-30(39)40-31(3,4)5)27(22-14-16-23(36)17-15-22)28(37)34-26-21(2)12-11-13-24(26)32/h11-17,25,27,36H,7-10,18-20H2,1-6H3,(H,33,39)(H,34,37). The average molecular weight is 606 g/mol. The molecule has 2 aromatic carbocycles. The molecular weight excluding hydrogens is 562 g/mol. The Bertz CT molecular complexity index is 1130. The van der Waals surface area contributed by atoms with Crippen molar-refractivity contribution >= 4 is 47.0 Å². The minimum absolute atomic E-state index is 0.0418. The highest BCUT2D eigenvalue weighted by atomic mass is 35.5. The molecule has 3 N–H and O–H groups in total. The second-order valence-corrected chi connectivity index (χ2v) is 12.4. The molecule has 2 aromatic rings. The van der Waals surface area contributed by atoms with Crippen molar-refractivity contribution in [3.63, 3.8) is 0 Å². The van der Waals surface area contributed by atoms with Gasteiger partial charge in [-0.05, 0) is 81.9 Å². The predicted molar refractivity (Wildman–Crippen MR) is 168 cm³/mol. The lowest BCUT2D eigenvalue weighted by atomic mass is 10.0. The van der Waals surface area contributed by atoms with Crippen LogP contribution in [0, 0.1) is 6.92 Å². The number of nitrogens with one attached hydrogen (secondary N) is 2. The van der Waals surface area contributed by atoms with Gasteiger partial charge in [-0.1, -0.05) is 62.1 Å². The van der Waals surface area contributed by atoms with E-state index in [0.717, 1.165) is 24.8 Å². The summed E-state index contributed by atoms with van der Waals surface area (Å²) in [4.78, 5) is 42.6. The minimum atomic E-state index is -1.04. The van der Waals surface area contributed by atoms with E-state index in [1.807, 2.05) is 19.2 Å². The monoisotopic (exact) mass is 605 g/mol. The fraction of sp³-hybridized carbons (Fsp3) is 0.516. The van der Waals surface area contributed by atoms with Gasteiger partial charge in [-0.15, -0.1) is 0 Å². The van der Waals surface area contributed by atoms with Crippen LogP contribution in [0.1, 0.15) is 77.0 Å². The normalized spacial score (nSPS) is 12.8. The number of anilines is 1. The number of aromatic hydroxyl groups is 1. The van der Waals surface area contributed by atoms with Crippen LogP contribution in [-0.4, -0.2) is 58.1 Å². The van der Waals surface area contributed by atoms with Crippen molar-refractivity contribution in [2.75, 3.05) is 23.9 Å². The van der Waals surface area contributed by atoms with Gasteiger partial charge in [-0.3, -0.25) is 9.59 Å². The zero-order chi connectivity index (χ0) is 30.6. The lowest BCUT2D eigenvalue weighted by Crippen LogP contribution is -2.52. The van der Waals surface area contributed by atoms with Gasteiger partial charge >= 0.3 is 6.09 Å². The Labute approximate surface area is 253 Å². The van der Waals surface area contributed by atoms with E-state index < -0.39 is 29.7 Å². The third-order valence-corrected chi connectivity index (χ3v) is 7.33. The SMILES string of the molecule is CCCCCCN(C(=O)C(CCSC)NC(=O)OC(C)(C)C)C(C(=O)Nc1c(C)cccc1Cl)c1ccc(O)cc1. The zero-order valence-electron chi connectivity index (χ0n) is 25.0. The Morgan fingerprint density at radius 3 is 2.34 bits per heavy atom. The van der Waals surface area contributed by atoms with Gasteiger partial charge in [0.05, 0.1) is 10.7 Å². The Hall–Kier alpha value is -2.91. The van der Waals surface area contributed by atoms with Crippen LogP contribution in [-0.2, 0) is 14.3 Å². The van der Waals surface area contributed by atoms with Crippen LogP contribution in [0.3, 0.4) is 0 Å². The van der Waals surface area contributed by atoms with Crippen molar-refractivity contribution in [3.8, 4) is 5.75 Å². The van der Waals surface area contributed by atoms with E-state index in [1.165, 1.54) is 17.0 Å². The van der Waals surface area contributed by atoms with E-state index in [9.17, 15) is 19.5 Å². The molecule has 3 amide bonds. The number of hydrogen-bond donors (Lipinski definition) is 3. The van der Waals surface area contributed by atoms with Gasteiger partial charge in [0.15, 0.2) is 0 Å². The van der Waals surface area contributed by atoms with E-state index in [-0.39, 0.29) is 11.7 Å². The molecule has 0 aliphatic carbocycles. The number of amides is 3. The molecule has 0 aromatic heterocycles. The average Bonchev–Trinajstić information content (AvgIpc) is 2.90. The van der Waals surface area contributed by atoms with Gasteiger partial charge in [0, 0.05) is 6.54 Å². The van der Waals surface area contributed by atoms with Gasteiger partial charge in [-0.2, -0.15) is 11.8 Å². The number of halogens is 1. The molecule has 0 aliphatic heterocycles. The zero-order valence-corrected chi connectivity index (χ0v) is 26.5. The number of phenols is 1. The molecule has 226 valence electrons. The maximum absolute atomic E-state index is 14.3. The summed E-state index contributed by atoms with van der Waals surface area (Å²) in [5.41, 5.74) is 1.03. The third kappa shape index (κ3) is 11.1. The molecule has 0 fully saturated rings. The maximum Gasteiger partial charge on any atom is 0.408 e. The molecule has 0 aliphatic rings. The number of hydrogen-bond acceptors (Lipinski definition) is 6. The second kappa shape index (κ2) is 16.5. The Kier molecular flexibility index (Phi) is 13.8. The van der Waals surface area contributed by atoms with Crippen molar-refractivity contribution in [1.82, 2.24) is 10.2 Å². The number of thioether (sulfide) groups is 1. The number of nitrogens with zero attached hydrogens (tertiary/aromatic N) is 1. The number of carbonyl (C=O) groups is 3. The first-order valence-electron chi connectivity index (χ1n) is 14.0. The highest BCUT2D eigenvalue weighted by Crippen LogP contribution is 2.30. The van der Waals surface area contributed by atoms with E-state index >= 15 is 0 Å². The van der Waals surface area contributed by atoms with Crippen LogP contribution in [0.4, 0.5) is 10.5 Å². The molecule has 0 bridgehead atoms. The number of alkyl carbamates (subject to hydrolysis) is 1. The van der Waals surface area contributed by atoms with Crippen molar-refractivity contribution in [1.29, 1.82) is 0 Å². The number of aryl methyl sites for hydroxylation is 1. The number of rotatable bonds is 14. The van der Waals surface area contributed by atoms with Crippen LogP contribution >= 0.6 is 23.4 Å². The number of ether oxygens (including phenoxy) is 1. The first kappa shape index (κ1) is 34.3. The molecule has 2 rings (SSSR count). The summed E-state index contributed by atoms with van der Waals surface area (Å²) in [5.74, 6) is -0.174. The van der Waals surface area contributed by atoms with E-state index in [0.29, 0.717) is 41.4 Å². The number of carbonyl (C=O) groups excluding carboxylic acids is 3. The smallest absolute Gasteiger partial charge is 0.408 e. The maximum atomic E-state index is 14.3. The van der Waals surface area contributed by atoms with Gasteiger partial charge < -0.3 is 25.4 Å². The number of benzene rings is 2. The molecule has 2 unspecified atom stereocenters. The van der Waals surface area contributed by atoms with Gasteiger partial charge in [0.2, 0.25) is 5.91 Å². The number of phenolic OH excluding ortho intramolecular Hbond substituents is 1. The predicted octanol–water partition coefficient (Wildman–Crippen LogP) is 7.09. The topological polar surface area (TPSA) is 108 Å². The van der Waals surface area contributed by atoms with Crippen molar-refractivity contribution < 1.29 is 24.2 Å². The Morgan fingerprint density at radius 2 is 1.76 bits per heavy atom. The molecular formula is C31H44ClN3O5S. The fourth-order valence-electron chi connectivity index (χ4n) is 4.33. The second-order valence-electron chi connectivity index (χ2n) is 11.0. The fourth-order valence-corrected chi connectivity index (χ4v) is 5.07. The third-order valence-electron chi connectivity index (χ3n) is 6.37. The number of para-hydroxylation sites is 1.